The van der Waals surface area contributed by atoms with Gasteiger partial charge in [0.15, 0.2) is 0 Å². The van der Waals surface area contributed by atoms with Crippen LogP contribution in [0.1, 0.15) is 6.92 Å². The number of aromatic nitrogens is 2. The molecule has 7 heteroatoms. The van der Waals surface area contributed by atoms with Crippen molar-refractivity contribution in [3.05, 3.63) is 10.7 Å². The summed E-state index contributed by atoms with van der Waals surface area (Å²) in [6, 6.07) is 0. The number of hydrogen-bond donors (Lipinski definition) is 3. The Kier molecular flexibility index (Phi) is 4.45. The van der Waals surface area contributed by atoms with Crippen LogP contribution < -0.4 is 10.1 Å². The number of nitrogens with one attached hydrogen (secondary N) is 1. The summed E-state index contributed by atoms with van der Waals surface area (Å²) < 4.78 is 5.64. The molecule has 0 amide bonds. The first-order valence-electron chi connectivity index (χ1n) is 4.61. The van der Waals surface area contributed by atoms with Gasteiger partial charge in [-0.05, 0) is 22.9 Å². The largest absolute Gasteiger partial charge is 0.480 e. The summed E-state index contributed by atoms with van der Waals surface area (Å²) in [5.74, 6) is 0.668. The number of methoxy groups -OCH3 is 1. The Labute approximate surface area is 102 Å². The van der Waals surface area contributed by atoms with Gasteiger partial charge in [-0.2, -0.15) is 4.98 Å². The average Bonchev–Trinajstić information content (AvgIpc) is 2.31. The molecule has 0 aromatic carbocycles. The highest BCUT2D eigenvalue weighted by Gasteiger charge is 2.23. The van der Waals surface area contributed by atoms with Gasteiger partial charge in [-0.25, -0.2) is 4.98 Å². The van der Waals surface area contributed by atoms with Crippen LogP contribution in [0.15, 0.2) is 10.7 Å². The highest BCUT2D eigenvalue weighted by Crippen LogP contribution is 2.22. The number of anilines is 1. The minimum Gasteiger partial charge on any atom is -0.480 e. The molecule has 0 bridgehead atoms. The normalized spacial score (nSPS) is 11.3. The van der Waals surface area contributed by atoms with Crippen molar-refractivity contribution >= 4 is 21.9 Å². The molecule has 0 aliphatic carbocycles. The van der Waals surface area contributed by atoms with E-state index in [1.54, 1.807) is 6.92 Å². The Hall–Kier alpha value is -0.920. The molecule has 16 heavy (non-hydrogen) atoms. The second-order valence-corrected chi connectivity index (χ2v) is 4.41. The highest BCUT2D eigenvalue weighted by atomic mass is 79.9. The van der Waals surface area contributed by atoms with Crippen LogP contribution in [0.4, 0.5) is 5.95 Å². The Morgan fingerprint density at radius 3 is 2.62 bits per heavy atom. The Balaban J connectivity index is 2.89. The molecule has 3 N–H and O–H groups in total. The van der Waals surface area contributed by atoms with Crippen molar-refractivity contribution in [2.75, 3.05) is 25.6 Å². The van der Waals surface area contributed by atoms with Crippen molar-refractivity contribution in [3.63, 3.8) is 0 Å². The fourth-order valence-electron chi connectivity index (χ4n) is 0.954. The predicted octanol–water partition coefficient (Wildman–Crippen LogP) is 0.403. The van der Waals surface area contributed by atoms with E-state index in [1.165, 1.54) is 13.3 Å². The summed E-state index contributed by atoms with van der Waals surface area (Å²) in [5.41, 5.74) is -0.862. The van der Waals surface area contributed by atoms with Crippen molar-refractivity contribution in [2.45, 2.75) is 12.5 Å². The SMILES string of the molecule is COc1nc(NC(C)(CO)CO)ncc1Br. The number of rotatable bonds is 5. The molecule has 1 aromatic rings. The molecule has 1 rings (SSSR count). The van der Waals surface area contributed by atoms with Gasteiger partial charge in [-0.1, -0.05) is 0 Å². The first-order valence-corrected chi connectivity index (χ1v) is 5.40. The van der Waals surface area contributed by atoms with Gasteiger partial charge in [0.05, 0.1) is 36.5 Å². The van der Waals surface area contributed by atoms with Crippen LogP contribution in [0.5, 0.6) is 5.88 Å². The van der Waals surface area contributed by atoms with Crippen LogP contribution in [-0.2, 0) is 0 Å². The Morgan fingerprint density at radius 1 is 1.50 bits per heavy atom. The fourth-order valence-corrected chi connectivity index (χ4v) is 1.31. The summed E-state index contributed by atoms with van der Waals surface area (Å²) in [7, 11) is 1.49. The average molecular weight is 292 g/mol. The molecule has 0 spiro atoms. The quantitative estimate of drug-likeness (QED) is 0.728. The zero-order chi connectivity index (χ0) is 12.2. The van der Waals surface area contributed by atoms with Crippen LogP contribution in [-0.4, -0.2) is 46.0 Å². The zero-order valence-electron chi connectivity index (χ0n) is 9.07. The lowest BCUT2D eigenvalue weighted by Crippen LogP contribution is -2.43. The third-order valence-corrected chi connectivity index (χ3v) is 2.56. The van der Waals surface area contributed by atoms with Gasteiger partial charge in [0.2, 0.25) is 11.8 Å². The molecule has 0 saturated heterocycles. The molecule has 1 aromatic heterocycles. The van der Waals surface area contributed by atoms with Crippen LogP contribution in [0, 0.1) is 0 Å². The minimum absolute atomic E-state index is 0.231. The minimum atomic E-state index is -0.862. The number of aliphatic hydroxyl groups is 2. The maximum absolute atomic E-state index is 9.11. The van der Waals surface area contributed by atoms with Crippen molar-refractivity contribution in [1.29, 1.82) is 0 Å². The molecule has 0 saturated carbocycles. The van der Waals surface area contributed by atoms with E-state index in [0.717, 1.165) is 0 Å². The molecule has 0 fully saturated rings. The van der Waals surface area contributed by atoms with E-state index in [4.69, 9.17) is 14.9 Å². The lowest BCUT2D eigenvalue weighted by Gasteiger charge is -2.26. The van der Waals surface area contributed by atoms with Gasteiger partial charge >= 0.3 is 0 Å². The van der Waals surface area contributed by atoms with Crippen LogP contribution in [0.25, 0.3) is 0 Å². The Morgan fingerprint density at radius 2 is 2.12 bits per heavy atom. The third kappa shape index (κ3) is 3.03. The molecule has 0 aliphatic heterocycles. The van der Waals surface area contributed by atoms with E-state index >= 15 is 0 Å². The molecule has 0 unspecified atom stereocenters. The van der Waals surface area contributed by atoms with E-state index in [1.807, 2.05) is 0 Å². The standard InChI is InChI=1S/C9H14BrN3O3/c1-9(4-14,5-15)13-8-11-3-6(10)7(12-8)16-2/h3,14-15H,4-5H2,1-2H3,(H,11,12,13). The topological polar surface area (TPSA) is 87.5 Å². The van der Waals surface area contributed by atoms with Gasteiger partial charge in [0, 0.05) is 0 Å². The van der Waals surface area contributed by atoms with E-state index in [2.05, 4.69) is 31.2 Å². The van der Waals surface area contributed by atoms with E-state index in [9.17, 15) is 0 Å². The molecule has 0 radical (unpaired) electrons. The summed E-state index contributed by atoms with van der Waals surface area (Å²) >= 11 is 3.23. The van der Waals surface area contributed by atoms with Crippen molar-refractivity contribution in [2.24, 2.45) is 0 Å². The smallest absolute Gasteiger partial charge is 0.232 e. The molecule has 0 atom stereocenters. The van der Waals surface area contributed by atoms with Crippen LogP contribution in [0.3, 0.4) is 0 Å². The molecule has 0 aliphatic rings. The zero-order valence-corrected chi connectivity index (χ0v) is 10.7. The summed E-state index contributed by atoms with van der Waals surface area (Å²) in [5, 5.41) is 21.1. The second-order valence-electron chi connectivity index (χ2n) is 3.55. The first kappa shape index (κ1) is 13.1. The fraction of sp³-hybridized carbons (Fsp3) is 0.556. The highest BCUT2D eigenvalue weighted by molar-refractivity contribution is 9.10. The lowest BCUT2D eigenvalue weighted by molar-refractivity contribution is 0.147. The van der Waals surface area contributed by atoms with Gasteiger partial charge in [-0.3, -0.25) is 0 Å². The number of aliphatic hydroxyl groups excluding tert-OH is 2. The first-order chi connectivity index (χ1) is 7.54. The molecule has 90 valence electrons. The van der Waals surface area contributed by atoms with Gasteiger partial charge in [0.25, 0.3) is 0 Å². The van der Waals surface area contributed by atoms with Gasteiger partial charge < -0.3 is 20.3 Å². The molecule has 1 heterocycles. The summed E-state index contributed by atoms with van der Waals surface area (Å²) in [6.45, 7) is 1.20. The van der Waals surface area contributed by atoms with E-state index in [0.29, 0.717) is 10.4 Å². The predicted molar refractivity (Wildman–Crippen MR) is 62.5 cm³/mol. The summed E-state index contributed by atoms with van der Waals surface area (Å²) in [4.78, 5) is 8.05. The third-order valence-electron chi connectivity index (χ3n) is 2.02. The number of nitrogens with zero attached hydrogens (tertiary/aromatic N) is 2. The van der Waals surface area contributed by atoms with Gasteiger partial charge in [0.1, 0.15) is 0 Å². The molecule has 6 nitrogen and oxygen atoms in total. The number of hydrogen-bond acceptors (Lipinski definition) is 6. The van der Waals surface area contributed by atoms with Gasteiger partial charge in [-0.15, -0.1) is 0 Å². The van der Waals surface area contributed by atoms with E-state index in [-0.39, 0.29) is 19.2 Å². The van der Waals surface area contributed by atoms with E-state index < -0.39 is 5.54 Å². The van der Waals surface area contributed by atoms with Crippen molar-refractivity contribution < 1.29 is 14.9 Å². The Bertz CT molecular complexity index is 358. The van der Waals surface area contributed by atoms with Crippen LogP contribution in [0.2, 0.25) is 0 Å². The summed E-state index contributed by atoms with van der Waals surface area (Å²) in [6.07, 6.45) is 1.53. The maximum Gasteiger partial charge on any atom is 0.232 e. The lowest BCUT2D eigenvalue weighted by atomic mass is 10.1. The second kappa shape index (κ2) is 5.42. The van der Waals surface area contributed by atoms with Crippen LogP contribution >= 0.6 is 15.9 Å². The number of halogens is 1. The number of ether oxygens (including phenoxy) is 1. The molecular weight excluding hydrogens is 278 g/mol. The maximum atomic E-state index is 9.11. The van der Waals surface area contributed by atoms with Crippen molar-refractivity contribution in [1.82, 2.24) is 9.97 Å². The molecular formula is C9H14BrN3O3. The monoisotopic (exact) mass is 291 g/mol. The van der Waals surface area contributed by atoms with Crippen molar-refractivity contribution in [3.8, 4) is 5.88 Å².